The number of amides is 1. The number of hydrogen-bond acceptors (Lipinski definition) is 2. The van der Waals surface area contributed by atoms with Gasteiger partial charge >= 0.3 is 0 Å². The van der Waals surface area contributed by atoms with Gasteiger partial charge in [-0.05, 0) is 50.8 Å². The van der Waals surface area contributed by atoms with Crippen LogP contribution in [0.25, 0.3) is 0 Å². The van der Waals surface area contributed by atoms with Crippen molar-refractivity contribution in [3.8, 4) is 0 Å². The number of guanidine groups is 1. The number of rotatable bonds is 5. The highest BCUT2D eigenvalue weighted by Gasteiger charge is 2.27. The second kappa shape index (κ2) is 10.9. The molecule has 6 heteroatoms. The van der Waals surface area contributed by atoms with Gasteiger partial charge in [-0.1, -0.05) is 31.5 Å². The summed E-state index contributed by atoms with van der Waals surface area (Å²) in [5, 5.41) is 6.84. The molecule has 1 fully saturated rings. The second-order valence-corrected chi connectivity index (χ2v) is 7.64. The van der Waals surface area contributed by atoms with Crippen LogP contribution < -0.4 is 10.6 Å². The number of carbonyl (C=O) groups is 1. The van der Waals surface area contributed by atoms with Crippen LogP contribution >= 0.6 is 24.0 Å². The Balaban J connectivity index is 0.00000364. The van der Waals surface area contributed by atoms with Crippen LogP contribution in [0.5, 0.6) is 0 Å². The average Bonchev–Trinajstić information content (AvgIpc) is 3.01. The minimum Gasteiger partial charge on any atom is -0.357 e. The second-order valence-electron chi connectivity index (χ2n) is 7.64. The predicted molar refractivity (Wildman–Crippen MR) is 124 cm³/mol. The normalized spacial score (nSPS) is 17.1. The van der Waals surface area contributed by atoms with Crippen molar-refractivity contribution in [2.24, 2.45) is 10.9 Å². The number of aryl methyl sites for hydroxylation is 3. The maximum absolute atomic E-state index is 12.2. The molecule has 5 nitrogen and oxygen atoms in total. The highest BCUT2D eigenvalue weighted by atomic mass is 127. The molecular formula is C21H35IN4O. The van der Waals surface area contributed by atoms with Crippen LogP contribution in [0.3, 0.4) is 0 Å². The summed E-state index contributed by atoms with van der Waals surface area (Å²) in [5.41, 5.74) is 5.16. The Bertz CT molecular complexity index is 649. The molecule has 152 valence electrons. The zero-order chi connectivity index (χ0) is 19.3. The van der Waals surface area contributed by atoms with E-state index in [0.717, 1.165) is 32.0 Å². The number of nitrogens with zero attached hydrogens (tertiary/aromatic N) is 2. The van der Waals surface area contributed by atoms with E-state index in [1.165, 1.54) is 22.3 Å². The molecule has 0 aliphatic carbocycles. The Kier molecular flexibility index (Phi) is 9.56. The van der Waals surface area contributed by atoms with Gasteiger partial charge < -0.3 is 15.5 Å². The van der Waals surface area contributed by atoms with Crippen LogP contribution in [-0.4, -0.2) is 42.4 Å². The number of carbonyl (C=O) groups excluding carboxylic acids is 1. The summed E-state index contributed by atoms with van der Waals surface area (Å²) in [7, 11) is 0. The average molecular weight is 486 g/mol. The van der Waals surface area contributed by atoms with Crippen LogP contribution in [0.1, 0.15) is 49.4 Å². The third-order valence-electron chi connectivity index (χ3n) is 4.91. The van der Waals surface area contributed by atoms with Crippen LogP contribution in [-0.2, 0) is 11.3 Å². The Morgan fingerprint density at radius 1 is 1.26 bits per heavy atom. The van der Waals surface area contributed by atoms with Crippen molar-refractivity contribution >= 4 is 35.8 Å². The molecule has 1 amide bonds. The van der Waals surface area contributed by atoms with Gasteiger partial charge in [0.25, 0.3) is 0 Å². The molecule has 1 unspecified atom stereocenters. The van der Waals surface area contributed by atoms with Gasteiger partial charge in [-0.25, -0.2) is 4.99 Å². The van der Waals surface area contributed by atoms with Crippen LogP contribution in [0.15, 0.2) is 17.1 Å². The minimum absolute atomic E-state index is 0. The van der Waals surface area contributed by atoms with Crippen molar-refractivity contribution in [2.75, 3.05) is 19.6 Å². The molecule has 1 atom stereocenters. The lowest BCUT2D eigenvalue weighted by Gasteiger charge is -2.20. The quantitative estimate of drug-likeness (QED) is 0.381. The van der Waals surface area contributed by atoms with Crippen LogP contribution in [0, 0.1) is 26.7 Å². The van der Waals surface area contributed by atoms with E-state index in [9.17, 15) is 4.79 Å². The smallest absolute Gasteiger partial charge is 0.225 e. The van der Waals surface area contributed by atoms with E-state index in [1.807, 2.05) is 18.7 Å². The van der Waals surface area contributed by atoms with Crippen molar-refractivity contribution in [3.63, 3.8) is 0 Å². The molecule has 1 saturated heterocycles. The molecule has 0 saturated carbocycles. The molecule has 1 heterocycles. The fourth-order valence-electron chi connectivity index (χ4n) is 3.57. The molecule has 2 N–H and O–H groups in total. The SMILES string of the molecule is CCNC(=NCc1c(C)cc(C)cc1C)NC1CCN(C(=O)C(C)C)C1.I. The standard InChI is InChI=1S/C21H34N4O.HI/c1-7-22-21(23-12-19-16(5)10-15(4)11-17(19)6)24-18-8-9-25(13-18)20(26)14(2)3;/h10-11,14,18H,7-9,12-13H2,1-6H3,(H2,22,23,24);1H. The monoisotopic (exact) mass is 486 g/mol. The van der Waals surface area contributed by atoms with Gasteiger partial charge in [0.2, 0.25) is 5.91 Å². The van der Waals surface area contributed by atoms with Crippen molar-refractivity contribution in [1.82, 2.24) is 15.5 Å². The Morgan fingerprint density at radius 2 is 1.89 bits per heavy atom. The lowest BCUT2D eigenvalue weighted by molar-refractivity contribution is -0.133. The summed E-state index contributed by atoms with van der Waals surface area (Å²) in [6.07, 6.45) is 0.964. The minimum atomic E-state index is 0. The van der Waals surface area contributed by atoms with Crippen molar-refractivity contribution in [1.29, 1.82) is 0 Å². The third kappa shape index (κ3) is 6.66. The Labute approximate surface area is 181 Å². The number of hydrogen-bond donors (Lipinski definition) is 2. The van der Waals surface area contributed by atoms with E-state index < -0.39 is 0 Å². The van der Waals surface area contributed by atoms with E-state index in [2.05, 4.69) is 50.5 Å². The molecule has 1 aliphatic heterocycles. The maximum Gasteiger partial charge on any atom is 0.225 e. The molecule has 0 radical (unpaired) electrons. The largest absolute Gasteiger partial charge is 0.357 e. The highest BCUT2D eigenvalue weighted by Crippen LogP contribution is 2.17. The number of nitrogens with one attached hydrogen (secondary N) is 2. The van der Waals surface area contributed by atoms with Gasteiger partial charge in [-0.15, -0.1) is 24.0 Å². The molecule has 1 aromatic carbocycles. The number of aliphatic imine (C=N–C) groups is 1. The molecule has 1 aliphatic rings. The van der Waals surface area contributed by atoms with Gasteiger partial charge in [0.15, 0.2) is 5.96 Å². The number of benzene rings is 1. The molecule has 27 heavy (non-hydrogen) atoms. The van der Waals surface area contributed by atoms with E-state index >= 15 is 0 Å². The number of halogens is 1. The zero-order valence-corrected chi connectivity index (χ0v) is 19.9. The van der Waals surface area contributed by atoms with Crippen molar-refractivity contribution in [3.05, 3.63) is 34.4 Å². The molecular weight excluding hydrogens is 451 g/mol. The van der Waals surface area contributed by atoms with Gasteiger partial charge in [0.05, 0.1) is 6.54 Å². The molecule has 2 rings (SSSR count). The third-order valence-corrected chi connectivity index (χ3v) is 4.91. The van der Waals surface area contributed by atoms with Gasteiger partial charge in [0, 0.05) is 31.6 Å². The van der Waals surface area contributed by atoms with Crippen LogP contribution in [0.4, 0.5) is 0 Å². The lowest BCUT2D eigenvalue weighted by atomic mass is 10.00. The molecule has 1 aromatic rings. The first-order valence-electron chi connectivity index (χ1n) is 9.72. The van der Waals surface area contributed by atoms with E-state index in [1.54, 1.807) is 0 Å². The molecule has 0 spiro atoms. The van der Waals surface area contributed by atoms with E-state index in [4.69, 9.17) is 4.99 Å². The first-order chi connectivity index (χ1) is 12.3. The van der Waals surface area contributed by atoms with E-state index in [0.29, 0.717) is 6.54 Å². The fraction of sp³-hybridized carbons (Fsp3) is 0.619. The lowest BCUT2D eigenvalue weighted by Crippen LogP contribution is -2.45. The van der Waals surface area contributed by atoms with E-state index in [-0.39, 0.29) is 41.8 Å². The summed E-state index contributed by atoms with van der Waals surface area (Å²) in [4.78, 5) is 18.9. The summed E-state index contributed by atoms with van der Waals surface area (Å²) >= 11 is 0. The van der Waals surface area contributed by atoms with Gasteiger partial charge in [0.1, 0.15) is 0 Å². The summed E-state index contributed by atoms with van der Waals surface area (Å²) in [6.45, 7) is 15.5. The predicted octanol–water partition coefficient (Wildman–Crippen LogP) is 3.54. The zero-order valence-electron chi connectivity index (χ0n) is 17.6. The molecule has 0 aromatic heterocycles. The number of likely N-dealkylation sites (tertiary alicyclic amines) is 1. The Hall–Kier alpha value is -1.31. The topological polar surface area (TPSA) is 56.7 Å². The molecule has 0 bridgehead atoms. The first-order valence-corrected chi connectivity index (χ1v) is 9.72. The van der Waals surface area contributed by atoms with Crippen molar-refractivity contribution < 1.29 is 4.79 Å². The van der Waals surface area contributed by atoms with Gasteiger partial charge in [-0.3, -0.25) is 4.79 Å². The highest BCUT2D eigenvalue weighted by molar-refractivity contribution is 14.0. The van der Waals surface area contributed by atoms with Crippen molar-refractivity contribution in [2.45, 2.75) is 60.5 Å². The van der Waals surface area contributed by atoms with Gasteiger partial charge in [-0.2, -0.15) is 0 Å². The maximum atomic E-state index is 12.2. The summed E-state index contributed by atoms with van der Waals surface area (Å²) in [5.74, 6) is 1.13. The Morgan fingerprint density at radius 3 is 2.44 bits per heavy atom. The fourth-order valence-corrected chi connectivity index (χ4v) is 3.57. The van der Waals surface area contributed by atoms with Crippen LogP contribution in [0.2, 0.25) is 0 Å². The first kappa shape index (κ1) is 23.7. The summed E-state index contributed by atoms with van der Waals surface area (Å²) < 4.78 is 0. The summed E-state index contributed by atoms with van der Waals surface area (Å²) in [6, 6.07) is 4.69.